The second-order valence-corrected chi connectivity index (χ2v) is 2.80. The van der Waals surface area contributed by atoms with E-state index in [0.29, 0.717) is 19.4 Å². The maximum Gasteiger partial charge on any atom is 0.471 e. The molecular weight excluding hydrogens is 185 g/mol. The van der Waals surface area contributed by atoms with Gasteiger partial charge in [0.15, 0.2) is 0 Å². The Labute approximate surface area is 74.5 Å². The number of nitrogens with two attached hydrogens (primary N) is 1. The van der Waals surface area contributed by atoms with Gasteiger partial charge < -0.3 is 11.1 Å². The Hall–Kier alpha value is -0.780. The molecule has 0 aliphatic carbocycles. The standard InChI is InChI=1S/C7H13F3N2O/c1-5(3-2-4-11)12-6(13)7(8,9)10/h5H,2-4,11H2,1H3,(H,12,13). The summed E-state index contributed by atoms with van der Waals surface area (Å²) in [6.45, 7) is 1.92. The SMILES string of the molecule is CC(CCCN)NC(=O)C(F)(F)F. The summed E-state index contributed by atoms with van der Waals surface area (Å²) >= 11 is 0. The first-order valence-electron chi connectivity index (χ1n) is 3.95. The fraction of sp³-hybridized carbons (Fsp3) is 0.857. The number of carbonyl (C=O) groups is 1. The van der Waals surface area contributed by atoms with E-state index < -0.39 is 18.1 Å². The van der Waals surface area contributed by atoms with Crippen LogP contribution in [0.15, 0.2) is 0 Å². The third-order valence-electron chi connectivity index (χ3n) is 1.48. The molecule has 0 saturated heterocycles. The highest BCUT2D eigenvalue weighted by molar-refractivity contribution is 5.81. The molecule has 1 unspecified atom stereocenters. The van der Waals surface area contributed by atoms with Crippen LogP contribution in [0.5, 0.6) is 0 Å². The highest BCUT2D eigenvalue weighted by Crippen LogP contribution is 2.14. The van der Waals surface area contributed by atoms with Gasteiger partial charge in [0.05, 0.1) is 0 Å². The van der Waals surface area contributed by atoms with E-state index in [1.165, 1.54) is 6.92 Å². The van der Waals surface area contributed by atoms with Crippen LogP contribution >= 0.6 is 0 Å². The molecule has 0 saturated carbocycles. The van der Waals surface area contributed by atoms with Gasteiger partial charge in [-0.15, -0.1) is 0 Å². The molecule has 0 aromatic rings. The Kier molecular flexibility index (Phi) is 4.76. The number of halogens is 3. The Balaban J connectivity index is 3.79. The number of hydrogen-bond donors (Lipinski definition) is 2. The van der Waals surface area contributed by atoms with Gasteiger partial charge in [-0.25, -0.2) is 0 Å². The van der Waals surface area contributed by atoms with Crippen molar-refractivity contribution in [1.82, 2.24) is 5.32 Å². The first-order chi connectivity index (χ1) is 5.88. The van der Waals surface area contributed by atoms with E-state index in [0.717, 1.165) is 0 Å². The zero-order chi connectivity index (χ0) is 10.5. The Morgan fingerprint density at radius 2 is 2.08 bits per heavy atom. The van der Waals surface area contributed by atoms with Gasteiger partial charge in [-0.3, -0.25) is 4.79 Å². The van der Waals surface area contributed by atoms with Crippen LogP contribution in [0.1, 0.15) is 19.8 Å². The third-order valence-corrected chi connectivity index (χ3v) is 1.48. The van der Waals surface area contributed by atoms with Crippen molar-refractivity contribution in [2.24, 2.45) is 5.73 Å². The maximum atomic E-state index is 11.7. The molecule has 1 amide bonds. The second kappa shape index (κ2) is 5.06. The largest absolute Gasteiger partial charge is 0.471 e. The number of hydrogen-bond acceptors (Lipinski definition) is 2. The molecule has 0 aliphatic rings. The van der Waals surface area contributed by atoms with Crippen LogP contribution in [0.3, 0.4) is 0 Å². The lowest BCUT2D eigenvalue weighted by Crippen LogP contribution is -2.41. The molecule has 0 spiro atoms. The first-order valence-corrected chi connectivity index (χ1v) is 3.95. The van der Waals surface area contributed by atoms with Crippen molar-refractivity contribution in [2.75, 3.05) is 6.54 Å². The molecule has 0 radical (unpaired) electrons. The molecule has 0 fully saturated rings. The van der Waals surface area contributed by atoms with Crippen molar-refractivity contribution in [3.05, 3.63) is 0 Å². The predicted molar refractivity (Wildman–Crippen MR) is 41.9 cm³/mol. The molecule has 3 nitrogen and oxygen atoms in total. The van der Waals surface area contributed by atoms with Crippen molar-refractivity contribution in [3.63, 3.8) is 0 Å². The van der Waals surface area contributed by atoms with E-state index >= 15 is 0 Å². The highest BCUT2D eigenvalue weighted by Gasteiger charge is 2.38. The van der Waals surface area contributed by atoms with Crippen molar-refractivity contribution >= 4 is 5.91 Å². The third kappa shape index (κ3) is 5.46. The maximum absolute atomic E-state index is 11.7. The average molecular weight is 198 g/mol. The van der Waals surface area contributed by atoms with Gasteiger partial charge in [-0.1, -0.05) is 0 Å². The molecule has 1 atom stereocenters. The van der Waals surface area contributed by atoms with Crippen LogP contribution in [0.2, 0.25) is 0 Å². The van der Waals surface area contributed by atoms with Gasteiger partial charge >= 0.3 is 12.1 Å². The fourth-order valence-electron chi connectivity index (χ4n) is 0.802. The molecule has 3 N–H and O–H groups in total. The molecule has 0 bridgehead atoms. The van der Waals surface area contributed by atoms with Crippen LogP contribution in [0.4, 0.5) is 13.2 Å². The van der Waals surface area contributed by atoms with Crippen LogP contribution in [0, 0.1) is 0 Å². The molecule has 0 aliphatic heterocycles. The zero-order valence-corrected chi connectivity index (χ0v) is 7.32. The van der Waals surface area contributed by atoms with Crippen molar-refractivity contribution < 1.29 is 18.0 Å². The minimum atomic E-state index is -4.79. The average Bonchev–Trinajstić information content (AvgIpc) is 1.99. The van der Waals surface area contributed by atoms with E-state index in [4.69, 9.17) is 5.73 Å². The Bertz CT molecular complexity index is 170. The minimum Gasteiger partial charge on any atom is -0.346 e. The van der Waals surface area contributed by atoms with Crippen LogP contribution in [-0.2, 0) is 4.79 Å². The summed E-state index contributed by atoms with van der Waals surface area (Å²) < 4.78 is 35.1. The van der Waals surface area contributed by atoms with Crippen molar-refractivity contribution in [1.29, 1.82) is 0 Å². The molecule has 6 heteroatoms. The van der Waals surface area contributed by atoms with Gasteiger partial charge in [0.1, 0.15) is 0 Å². The second-order valence-electron chi connectivity index (χ2n) is 2.80. The van der Waals surface area contributed by atoms with Crippen LogP contribution in [0.25, 0.3) is 0 Å². The molecule has 78 valence electrons. The summed E-state index contributed by atoms with van der Waals surface area (Å²) in [5.74, 6) is -1.89. The number of nitrogens with one attached hydrogen (secondary N) is 1. The summed E-state index contributed by atoms with van der Waals surface area (Å²) in [6, 6.07) is -0.488. The lowest BCUT2D eigenvalue weighted by atomic mass is 10.2. The van der Waals surface area contributed by atoms with Gasteiger partial charge in [0, 0.05) is 6.04 Å². The van der Waals surface area contributed by atoms with Crippen molar-refractivity contribution in [2.45, 2.75) is 32.0 Å². The molecule has 0 heterocycles. The van der Waals surface area contributed by atoms with Gasteiger partial charge in [-0.05, 0) is 26.3 Å². The quantitative estimate of drug-likeness (QED) is 0.701. The molecule has 0 aromatic heterocycles. The number of rotatable bonds is 4. The zero-order valence-electron chi connectivity index (χ0n) is 7.32. The Morgan fingerprint density at radius 1 is 1.54 bits per heavy atom. The number of alkyl halides is 3. The predicted octanol–water partition coefficient (Wildman–Crippen LogP) is 0.792. The van der Waals surface area contributed by atoms with E-state index in [9.17, 15) is 18.0 Å². The van der Waals surface area contributed by atoms with E-state index in [1.54, 1.807) is 0 Å². The van der Waals surface area contributed by atoms with E-state index in [-0.39, 0.29) is 0 Å². The smallest absolute Gasteiger partial charge is 0.346 e. The molecule has 13 heavy (non-hydrogen) atoms. The normalized spacial score (nSPS) is 13.9. The topological polar surface area (TPSA) is 55.1 Å². The summed E-state index contributed by atoms with van der Waals surface area (Å²) in [4.78, 5) is 10.4. The van der Waals surface area contributed by atoms with Crippen LogP contribution in [-0.4, -0.2) is 24.7 Å². The monoisotopic (exact) mass is 198 g/mol. The first kappa shape index (κ1) is 12.2. The van der Waals surface area contributed by atoms with Crippen LogP contribution < -0.4 is 11.1 Å². The highest BCUT2D eigenvalue weighted by atomic mass is 19.4. The van der Waals surface area contributed by atoms with Gasteiger partial charge in [-0.2, -0.15) is 13.2 Å². The summed E-state index contributed by atoms with van der Waals surface area (Å²) in [5.41, 5.74) is 5.16. The fourth-order valence-corrected chi connectivity index (χ4v) is 0.802. The number of carbonyl (C=O) groups excluding carboxylic acids is 1. The van der Waals surface area contributed by atoms with E-state index in [1.807, 2.05) is 5.32 Å². The lowest BCUT2D eigenvalue weighted by molar-refractivity contribution is -0.174. The van der Waals surface area contributed by atoms with Gasteiger partial charge in [0.25, 0.3) is 0 Å². The van der Waals surface area contributed by atoms with Crippen molar-refractivity contribution in [3.8, 4) is 0 Å². The van der Waals surface area contributed by atoms with E-state index in [2.05, 4.69) is 0 Å². The molecule has 0 rings (SSSR count). The molecular formula is C7H13F3N2O. The lowest BCUT2D eigenvalue weighted by Gasteiger charge is -2.14. The molecule has 0 aromatic carbocycles. The van der Waals surface area contributed by atoms with Gasteiger partial charge in [0.2, 0.25) is 0 Å². The number of amides is 1. The summed E-state index contributed by atoms with van der Waals surface area (Å²) in [5, 5.41) is 1.84. The minimum absolute atomic E-state index is 0.409. The summed E-state index contributed by atoms with van der Waals surface area (Å²) in [6.07, 6.45) is -3.74. The Morgan fingerprint density at radius 3 is 2.46 bits per heavy atom. The summed E-state index contributed by atoms with van der Waals surface area (Å²) in [7, 11) is 0.